The molecule has 1 aliphatic rings. The highest BCUT2D eigenvalue weighted by Crippen LogP contribution is 2.10. The van der Waals surface area contributed by atoms with Gasteiger partial charge in [-0.05, 0) is 13.0 Å². The highest BCUT2D eigenvalue weighted by atomic mass is 16.5. The number of nitrogens with one attached hydrogen (secondary N) is 1. The molecule has 2 rings (SSSR count). The van der Waals surface area contributed by atoms with Gasteiger partial charge in [0.15, 0.2) is 0 Å². The lowest BCUT2D eigenvalue weighted by molar-refractivity contribution is -0.0114. The first-order valence-electron chi connectivity index (χ1n) is 6.67. The first-order valence-corrected chi connectivity index (χ1v) is 6.67. The molecule has 6 heteroatoms. The topological polar surface area (TPSA) is 55.2 Å². The van der Waals surface area contributed by atoms with Crippen molar-refractivity contribution in [1.82, 2.24) is 25.2 Å². The molecule has 0 aliphatic carbocycles. The predicted octanol–water partition coefficient (Wildman–Crippen LogP) is 0.0155. The summed E-state index contributed by atoms with van der Waals surface area (Å²) in [5, 5.41) is 11.6. The molecule has 0 radical (unpaired) electrons. The molecule has 1 aromatic heterocycles. The number of morpholine rings is 1. The van der Waals surface area contributed by atoms with Crippen molar-refractivity contribution in [2.75, 3.05) is 32.8 Å². The van der Waals surface area contributed by atoms with Crippen LogP contribution in [0.15, 0.2) is 6.20 Å². The van der Waals surface area contributed by atoms with E-state index in [0.717, 1.165) is 51.5 Å². The van der Waals surface area contributed by atoms with Gasteiger partial charge in [-0.3, -0.25) is 9.58 Å². The van der Waals surface area contributed by atoms with Crippen molar-refractivity contribution < 1.29 is 4.74 Å². The van der Waals surface area contributed by atoms with Gasteiger partial charge in [-0.25, -0.2) is 0 Å². The highest BCUT2D eigenvalue weighted by molar-refractivity contribution is 4.93. The summed E-state index contributed by atoms with van der Waals surface area (Å²) in [5.74, 6) is 0. The van der Waals surface area contributed by atoms with E-state index in [9.17, 15) is 0 Å². The van der Waals surface area contributed by atoms with Crippen LogP contribution in [0.4, 0.5) is 0 Å². The van der Waals surface area contributed by atoms with E-state index >= 15 is 0 Å². The van der Waals surface area contributed by atoms with Gasteiger partial charge in [0.25, 0.3) is 0 Å². The van der Waals surface area contributed by atoms with Gasteiger partial charge < -0.3 is 10.1 Å². The van der Waals surface area contributed by atoms with Crippen LogP contribution in [0.5, 0.6) is 0 Å². The Morgan fingerprint density at radius 3 is 3.17 bits per heavy atom. The molecule has 6 nitrogen and oxygen atoms in total. The zero-order chi connectivity index (χ0) is 12.8. The zero-order valence-electron chi connectivity index (χ0n) is 11.3. The molecule has 1 N–H and O–H groups in total. The van der Waals surface area contributed by atoms with Crippen LogP contribution in [0.2, 0.25) is 0 Å². The lowest BCUT2D eigenvalue weighted by atomic mass is 10.2. The second-order valence-corrected chi connectivity index (χ2v) is 4.79. The molecule has 1 saturated heterocycles. The fourth-order valence-corrected chi connectivity index (χ4v) is 2.21. The summed E-state index contributed by atoms with van der Waals surface area (Å²) in [5.41, 5.74) is 1.03. The van der Waals surface area contributed by atoms with E-state index in [0.29, 0.717) is 6.04 Å². The maximum atomic E-state index is 5.56. The predicted molar refractivity (Wildman–Crippen MR) is 69.2 cm³/mol. The van der Waals surface area contributed by atoms with Crippen LogP contribution in [0.1, 0.15) is 19.0 Å². The zero-order valence-corrected chi connectivity index (χ0v) is 11.3. The van der Waals surface area contributed by atoms with Crippen molar-refractivity contribution in [3.8, 4) is 0 Å². The van der Waals surface area contributed by atoms with Gasteiger partial charge in [0, 0.05) is 38.9 Å². The van der Waals surface area contributed by atoms with E-state index < -0.39 is 0 Å². The number of hydrogen-bond acceptors (Lipinski definition) is 5. The largest absolute Gasteiger partial charge is 0.378 e. The van der Waals surface area contributed by atoms with Crippen molar-refractivity contribution in [2.45, 2.75) is 25.9 Å². The second kappa shape index (κ2) is 6.82. The summed E-state index contributed by atoms with van der Waals surface area (Å²) in [6, 6.07) is 0.437. The summed E-state index contributed by atoms with van der Waals surface area (Å²) in [7, 11) is 1.90. The molecule has 18 heavy (non-hydrogen) atoms. The molecule has 0 bridgehead atoms. The fourth-order valence-electron chi connectivity index (χ4n) is 2.21. The first kappa shape index (κ1) is 13.5. The lowest BCUT2D eigenvalue weighted by Crippen LogP contribution is -2.50. The quantitative estimate of drug-likeness (QED) is 0.724. The van der Waals surface area contributed by atoms with Gasteiger partial charge in [0.1, 0.15) is 0 Å². The standard InChI is InChI=1S/C12H23N5O/c1-3-4-13-7-12-10-18-6-5-17(12)9-11-8-16(2)15-14-11/h8,12-13H,3-7,9-10H2,1-2H3. The summed E-state index contributed by atoms with van der Waals surface area (Å²) >= 11 is 0. The Morgan fingerprint density at radius 2 is 2.44 bits per heavy atom. The van der Waals surface area contributed by atoms with Crippen LogP contribution in [0.25, 0.3) is 0 Å². The minimum atomic E-state index is 0.437. The average molecular weight is 253 g/mol. The third-order valence-corrected chi connectivity index (χ3v) is 3.17. The number of aryl methyl sites for hydroxylation is 1. The van der Waals surface area contributed by atoms with Gasteiger partial charge >= 0.3 is 0 Å². The lowest BCUT2D eigenvalue weighted by Gasteiger charge is -2.35. The first-order chi connectivity index (χ1) is 8.79. The number of nitrogens with zero attached hydrogens (tertiary/aromatic N) is 4. The summed E-state index contributed by atoms with van der Waals surface area (Å²) in [6.45, 7) is 7.66. The summed E-state index contributed by atoms with van der Waals surface area (Å²) in [4.78, 5) is 2.43. The van der Waals surface area contributed by atoms with Gasteiger partial charge in [-0.1, -0.05) is 12.1 Å². The Kier molecular flexibility index (Phi) is 5.10. The van der Waals surface area contributed by atoms with Crippen molar-refractivity contribution in [2.24, 2.45) is 7.05 Å². The number of hydrogen-bond donors (Lipinski definition) is 1. The van der Waals surface area contributed by atoms with E-state index in [4.69, 9.17) is 4.74 Å². The van der Waals surface area contributed by atoms with Crippen molar-refractivity contribution >= 4 is 0 Å². The molecule has 1 aromatic rings. The number of ether oxygens (including phenoxy) is 1. The molecule has 1 aliphatic heterocycles. The molecular weight excluding hydrogens is 230 g/mol. The fraction of sp³-hybridized carbons (Fsp3) is 0.833. The maximum absolute atomic E-state index is 5.56. The molecule has 0 aromatic carbocycles. The van der Waals surface area contributed by atoms with Crippen LogP contribution in [0, 0.1) is 0 Å². The smallest absolute Gasteiger partial charge is 0.0967 e. The third kappa shape index (κ3) is 3.76. The van der Waals surface area contributed by atoms with Crippen LogP contribution in [-0.4, -0.2) is 58.8 Å². The van der Waals surface area contributed by atoms with Crippen LogP contribution < -0.4 is 5.32 Å². The van der Waals surface area contributed by atoms with E-state index in [2.05, 4.69) is 27.5 Å². The second-order valence-electron chi connectivity index (χ2n) is 4.79. The highest BCUT2D eigenvalue weighted by Gasteiger charge is 2.23. The molecule has 2 heterocycles. The average Bonchev–Trinajstić information content (AvgIpc) is 2.77. The molecular formula is C12H23N5O. The summed E-state index contributed by atoms with van der Waals surface area (Å²) < 4.78 is 7.31. The third-order valence-electron chi connectivity index (χ3n) is 3.17. The van der Waals surface area contributed by atoms with Crippen LogP contribution in [0.3, 0.4) is 0 Å². The minimum absolute atomic E-state index is 0.437. The Hall–Kier alpha value is -0.980. The van der Waals surface area contributed by atoms with Gasteiger partial charge in [-0.2, -0.15) is 0 Å². The molecule has 0 amide bonds. The van der Waals surface area contributed by atoms with Crippen molar-refractivity contribution in [3.05, 3.63) is 11.9 Å². The number of aromatic nitrogens is 3. The van der Waals surface area contributed by atoms with Gasteiger partial charge in [0.05, 0.1) is 18.9 Å². The monoisotopic (exact) mass is 253 g/mol. The van der Waals surface area contributed by atoms with Crippen LogP contribution >= 0.6 is 0 Å². The molecule has 0 spiro atoms. The van der Waals surface area contributed by atoms with Gasteiger partial charge in [0.2, 0.25) is 0 Å². The molecule has 1 atom stereocenters. The normalized spacial score (nSPS) is 21.3. The Morgan fingerprint density at radius 1 is 1.56 bits per heavy atom. The Balaban J connectivity index is 1.86. The number of rotatable bonds is 6. The van der Waals surface area contributed by atoms with Crippen LogP contribution in [-0.2, 0) is 18.3 Å². The Labute approximate surface area is 108 Å². The van der Waals surface area contributed by atoms with E-state index in [1.54, 1.807) is 4.68 Å². The van der Waals surface area contributed by atoms with E-state index in [-0.39, 0.29) is 0 Å². The summed E-state index contributed by atoms with van der Waals surface area (Å²) in [6.07, 6.45) is 3.14. The van der Waals surface area contributed by atoms with Crippen molar-refractivity contribution in [1.29, 1.82) is 0 Å². The van der Waals surface area contributed by atoms with E-state index in [1.165, 1.54) is 0 Å². The molecule has 1 unspecified atom stereocenters. The molecule has 0 saturated carbocycles. The minimum Gasteiger partial charge on any atom is -0.378 e. The maximum Gasteiger partial charge on any atom is 0.0967 e. The Bertz CT molecular complexity index is 354. The van der Waals surface area contributed by atoms with Crippen molar-refractivity contribution in [3.63, 3.8) is 0 Å². The molecule has 1 fully saturated rings. The molecule has 102 valence electrons. The van der Waals surface area contributed by atoms with Gasteiger partial charge in [-0.15, -0.1) is 5.10 Å². The SMILES string of the molecule is CCCNCC1COCCN1Cc1cn(C)nn1. The van der Waals surface area contributed by atoms with E-state index in [1.807, 2.05) is 13.2 Å².